The van der Waals surface area contributed by atoms with E-state index in [0.29, 0.717) is 52.9 Å². The second-order valence-electron chi connectivity index (χ2n) is 3.77. The van der Waals surface area contributed by atoms with Crippen molar-refractivity contribution in [1.29, 1.82) is 0 Å². The topological polar surface area (TPSA) is 92.0 Å². The Bertz CT molecular complexity index is 205. The van der Waals surface area contributed by atoms with Crippen LogP contribution in [-0.4, -0.2) is 72.4 Å². The Hall–Kier alpha value is -0.730. The van der Waals surface area contributed by atoms with E-state index in [9.17, 15) is 4.79 Å². The van der Waals surface area contributed by atoms with Gasteiger partial charge < -0.3 is 30.0 Å². The van der Waals surface area contributed by atoms with Gasteiger partial charge in [-0.1, -0.05) is 0 Å². The molecule has 7 nitrogen and oxygen atoms in total. The molecular formula is C12H26N2O5. The Balaban J connectivity index is 2.93. The molecule has 0 atom stereocenters. The Labute approximate surface area is 114 Å². The summed E-state index contributed by atoms with van der Waals surface area (Å²) in [6.07, 6.45) is 0.247. The maximum absolute atomic E-state index is 10.4. The molecule has 0 aromatic rings. The van der Waals surface area contributed by atoms with Crippen molar-refractivity contribution in [2.24, 2.45) is 5.73 Å². The van der Waals surface area contributed by atoms with Crippen LogP contribution in [0.15, 0.2) is 0 Å². The predicted octanol–water partition coefficient (Wildman–Crippen LogP) is -0.852. The Morgan fingerprint density at radius 3 is 1.68 bits per heavy atom. The smallest absolute Gasteiger partial charge is 0.219 e. The van der Waals surface area contributed by atoms with Crippen LogP contribution in [0.3, 0.4) is 0 Å². The summed E-state index contributed by atoms with van der Waals surface area (Å²) in [5.74, 6) is -0.355. The number of carbonyl (C=O) groups excluding carboxylic acids is 1. The minimum atomic E-state index is -0.355. The van der Waals surface area contributed by atoms with Crippen molar-refractivity contribution in [2.45, 2.75) is 6.42 Å². The molecule has 0 aromatic carbocycles. The van der Waals surface area contributed by atoms with Crippen molar-refractivity contribution in [1.82, 2.24) is 5.32 Å². The van der Waals surface area contributed by atoms with E-state index < -0.39 is 0 Å². The third-order valence-corrected chi connectivity index (χ3v) is 2.11. The standard InChI is InChI=1S/C12H26N2O5/c1-14-3-5-17-7-9-19-11-10-18-8-6-16-4-2-12(13)15/h14H,2-11H2,1H3,(H2,13,15). The number of hydrogen-bond donors (Lipinski definition) is 2. The van der Waals surface area contributed by atoms with E-state index >= 15 is 0 Å². The number of carbonyl (C=O) groups is 1. The summed E-state index contributed by atoms with van der Waals surface area (Å²) in [6.45, 7) is 5.06. The lowest BCUT2D eigenvalue weighted by molar-refractivity contribution is -0.119. The van der Waals surface area contributed by atoms with Crippen LogP contribution in [0.4, 0.5) is 0 Å². The molecule has 19 heavy (non-hydrogen) atoms. The van der Waals surface area contributed by atoms with Crippen LogP contribution in [0.25, 0.3) is 0 Å². The zero-order chi connectivity index (χ0) is 14.2. The summed E-state index contributed by atoms with van der Waals surface area (Å²) < 4.78 is 21.0. The Morgan fingerprint density at radius 2 is 1.26 bits per heavy atom. The van der Waals surface area contributed by atoms with Crippen LogP contribution in [0, 0.1) is 0 Å². The number of rotatable bonds is 15. The van der Waals surface area contributed by atoms with Gasteiger partial charge in [-0.25, -0.2) is 0 Å². The van der Waals surface area contributed by atoms with Crippen LogP contribution in [0.1, 0.15) is 6.42 Å². The van der Waals surface area contributed by atoms with Gasteiger partial charge in [-0.3, -0.25) is 4.79 Å². The average molecular weight is 278 g/mol. The van der Waals surface area contributed by atoms with Gasteiger partial charge in [0.1, 0.15) is 0 Å². The highest BCUT2D eigenvalue weighted by Crippen LogP contribution is 1.84. The van der Waals surface area contributed by atoms with Crippen molar-refractivity contribution >= 4 is 5.91 Å². The molecule has 0 heterocycles. The second kappa shape index (κ2) is 15.3. The number of nitrogens with two attached hydrogens (primary N) is 1. The van der Waals surface area contributed by atoms with E-state index in [2.05, 4.69) is 5.32 Å². The van der Waals surface area contributed by atoms with Gasteiger partial charge >= 0.3 is 0 Å². The van der Waals surface area contributed by atoms with E-state index in [1.54, 1.807) is 0 Å². The SMILES string of the molecule is CNCCOCCOCCOCCOCCC(N)=O. The lowest BCUT2D eigenvalue weighted by atomic mass is 10.4. The molecule has 0 saturated carbocycles. The Morgan fingerprint density at radius 1 is 0.842 bits per heavy atom. The second-order valence-corrected chi connectivity index (χ2v) is 3.77. The fourth-order valence-electron chi connectivity index (χ4n) is 1.11. The lowest BCUT2D eigenvalue weighted by Gasteiger charge is -2.07. The molecule has 0 radical (unpaired) electrons. The number of primary amides is 1. The average Bonchev–Trinajstić information content (AvgIpc) is 2.39. The quantitative estimate of drug-likeness (QED) is 0.379. The van der Waals surface area contributed by atoms with Crippen molar-refractivity contribution < 1.29 is 23.7 Å². The summed E-state index contributed by atoms with van der Waals surface area (Å²) >= 11 is 0. The van der Waals surface area contributed by atoms with Gasteiger partial charge in [0.05, 0.1) is 52.9 Å². The highest BCUT2D eigenvalue weighted by Gasteiger charge is 1.95. The molecule has 0 rings (SSSR count). The first kappa shape index (κ1) is 18.3. The highest BCUT2D eigenvalue weighted by atomic mass is 16.6. The van der Waals surface area contributed by atoms with Crippen LogP contribution in [0.2, 0.25) is 0 Å². The van der Waals surface area contributed by atoms with Crippen molar-refractivity contribution in [3.63, 3.8) is 0 Å². The first-order valence-electron chi connectivity index (χ1n) is 6.51. The summed E-state index contributed by atoms with van der Waals surface area (Å²) in [5, 5.41) is 2.99. The fraction of sp³-hybridized carbons (Fsp3) is 0.917. The molecule has 1 amide bonds. The van der Waals surface area contributed by atoms with E-state index in [-0.39, 0.29) is 12.3 Å². The maximum atomic E-state index is 10.4. The number of hydrogen-bond acceptors (Lipinski definition) is 6. The van der Waals surface area contributed by atoms with Gasteiger partial charge in [-0.2, -0.15) is 0 Å². The third kappa shape index (κ3) is 17.3. The normalized spacial score (nSPS) is 10.8. The number of nitrogens with one attached hydrogen (secondary N) is 1. The molecule has 0 fully saturated rings. The summed E-state index contributed by atoms with van der Waals surface area (Å²) in [4.78, 5) is 10.4. The van der Waals surface area contributed by atoms with Crippen LogP contribution in [-0.2, 0) is 23.7 Å². The van der Waals surface area contributed by atoms with E-state index in [1.807, 2.05) is 7.05 Å². The summed E-state index contributed by atoms with van der Waals surface area (Å²) in [5.41, 5.74) is 4.96. The van der Waals surface area contributed by atoms with Gasteiger partial charge in [-0.15, -0.1) is 0 Å². The molecule has 0 aliphatic heterocycles. The number of amides is 1. The van der Waals surface area contributed by atoms with Gasteiger partial charge in [0.15, 0.2) is 0 Å². The molecule has 7 heteroatoms. The van der Waals surface area contributed by atoms with Crippen LogP contribution in [0.5, 0.6) is 0 Å². The van der Waals surface area contributed by atoms with Crippen LogP contribution >= 0.6 is 0 Å². The number of likely N-dealkylation sites (N-methyl/N-ethyl adjacent to an activating group) is 1. The molecule has 0 bridgehead atoms. The molecule has 0 aliphatic rings. The van der Waals surface area contributed by atoms with Crippen molar-refractivity contribution in [3.05, 3.63) is 0 Å². The molecular weight excluding hydrogens is 252 g/mol. The van der Waals surface area contributed by atoms with E-state index in [0.717, 1.165) is 6.54 Å². The number of ether oxygens (including phenoxy) is 4. The maximum Gasteiger partial charge on any atom is 0.219 e. The third-order valence-electron chi connectivity index (χ3n) is 2.11. The van der Waals surface area contributed by atoms with Crippen molar-refractivity contribution in [3.8, 4) is 0 Å². The molecule has 0 aliphatic carbocycles. The highest BCUT2D eigenvalue weighted by molar-refractivity contribution is 5.73. The largest absolute Gasteiger partial charge is 0.379 e. The van der Waals surface area contributed by atoms with E-state index in [4.69, 9.17) is 24.7 Å². The first-order valence-corrected chi connectivity index (χ1v) is 6.51. The molecule has 0 aromatic heterocycles. The predicted molar refractivity (Wildman–Crippen MR) is 71.0 cm³/mol. The van der Waals surface area contributed by atoms with Gasteiger partial charge in [0.25, 0.3) is 0 Å². The summed E-state index contributed by atoms with van der Waals surface area (Å²) in [6, 6.07) is 0. The molecule has 3 N–H and O–H groups in total. The minimum Gasteiger partial charge on any atom is -0.379 e. The molecule has 114 valence electrons. The molecule has 0 saturated heterocycles. The van der Waals surface area contributed by atoms with E-state index in [1.165, 1.54) is 0 Å². The zero-order valence-corrected chi connectivity index (χ0v) is 11.7. The Kier molecular flexibility index (Phi) is 14.7. The lowest BCUT2D eigenvalue weighted by Crippen LogP contribution is -2.17. The van der Waals surface area contributed by atoms with Gasteiger partial charge in [0.2, 0.25) is 5.91 Å². The van der Waals surface area contributed by atoms with Crippen molar-refractivity contribution in [2.75, 3.05) is 66.4 Å². The summed E-state index contributed by atoms with van der Waals surface area (Å²) in [7, 11) is 1.88. The molecule has 0 unspecified atom stereocenters. The monoisotopic (exact) mass is 278 g/mol. The van der Waals surface area contributed by atoms with Crippen LogP contribution < -0.4 is 11.1 Å². The fourth-order valence-corrected chi connectivity index (χ4v) is 1.11. The zero-order valence-electron chi connectivity index (χ0n) is 11.7. The first-order chi connectivity index (χ1) is 9.27. The minimum absolute atomic E-state index is 0.247. The molecule has 0 spiro atoms. The van der Waals surface area contributed by atoms with Gasteiger partial charge in [-0.05, 0) is 7.05 Å². The van der Waals surface area contributed by atoms with Gasteiger partial charge in [0, 0.05) is 13.0 Å².